The zero-order valence-electron chi connectivity index (χ0n) is 14.2. The van der Waals surface area contributed by atoms with Crippen LogP contribution < -0.4 is 19.7 Å². The zero-order valence-corrected chi connectivity index (χ0v) is 14.2. The van der Waals surface area contributed by atoms with Gasteiger partial charge in [-0.25, -0.2) is 4.90 Å². The molecule has 6 heteroatoms. The minimum Gasteiger partial charge on any atom is -0.495 e. The Morgan fingerprint density at radius 1 is 1.08 bits per heavy atom. The molecule has 130 valence electrons. The highest BCUT2D eigenvalue weighted by molar-refractivity contribution is 6.23. The van der Waals surface area contributed by atoms with E-state index >= 15 is 0 Å². The molecule has 0 aliphatic carbocycles. The van der Waals surface area contributed by atoms with Gasteiger partial charge in [0, 0.05) is 0 Å². The van der Waals surface area contributed by atoms with Gasteiger partial charge in [0.15, 0.2) is 0 Å². The molecule has 1 saturated heterocycles. The largest absolute Gasteiger partial charge is 0.495 e. The Labute approximate surface area is 146 Å². The number of para-hydroxylation sites is 4. The number of anilines is 2. The smallest absolute Gasteiger partial charge is 0.256 e. The predicted octanol–water partition coefficient (Wildman–Crippen LogP) is 2.84. The van der Waals surface area contributed by atoms with Gasteiger partial charge in [0.1, 0.15) is 17.5 Å². The third kappa shape index (κ3) is 3.28. The molecule has 2 aromatic rings. The van der Waals surface area contributed by atoms with Crippen LogP contribution >= 0.6 is 0 Å². The number of hydrogen-bond acceptors (Lipinski definition) is 5. The average Bonchev–Trinajstić information content (AvgIpc) is 2.90. The van der Waals surface area contributed by atoms with Crippen LogP contribution in [-0.2, 0) is 9.59 Å². The number of carbonyl (C=O) groups excluding carboxylic acids is 2. The summed E-state index contributed by atoms with van der Waals surface area (Å²) in [5, 5.41) is 3.11. The lowest BCUT2D eigenvalue weighted by molar-refractivity contribution is -0.121. The molecule has 2 aromatic carbocycles. The predicted molar refractivity (Wildman–Crippen MR) is 95.1 cm³/mol. The summed E-state index contributed by atoms with van der Waals surface area (Å²) in [5.74, 6) is 0.577. The number of nitrogens with zero attached hydrogens (tertiary/aromatic N) is 1. The molecule has 0 radical (unpaired) electrons. The van der Waals surface area contributed by atoms with Gasteiger partial charge < -0.3 is 14.8 Å². The Hall–Kier alpha value is -3.02. The molecule has 1 aliphatic rings. The van der Waals surface area contributed by atoms with Gasteiger partial charge in [-0.2, -0.15) is 0 Å². The van der Waals surface area contributed by atoms with Gasteiger partial charge in [-0.3, -0.25) is 9.59 Å². The number of nitrogens with one attached hydrogen (secondary N) is 1. The molecule has 1 heterocycles. The molecule has 1 fully saturated rings. The summed E-state index contributed by atoms with van der Waals surface area (Å²) in [6.45, 7) is 2.31. The maximum atomic E-state index is 12.8. The van der Waals surface area contributed by atoms with Crippen LogP contribution in [0.5, 0.6) is 11.5 Å². The van der Waals surface area contributed by atoms with Crippen molar-refractivity contribution in [3.63, 3.8) is 0 Å². The standard InChI is InChI=1S/C19H20N2O4/c1-3-25-17-11-7-5-9-15(17)21-18(22)12-14(19(21)23)20-13-8-4-6-10-16(13)24-2/h4-11,14,20H,3,12H2,1-2H3. The van der Waals surface area contributed by atoms with Crippen molar-refractivity contribution in [3.8, 4) is 11.5 Å². The molecular weight excluding hydrogens is 320 g/mol. The lowest BCUT2D eigenvalue weighted by atomic mass is 10.2. The van der Waals surface area contributed by atoms with Gasteiger partial charge in [-0.15, -0.1) is 0 Å². The number of hydrogen-bond donors (Lipinski definition) is 1. The van der Waals surface area contributed by atoms with E-state index in [0.29, 0.717) is 29.5 Å². The quantitative estimate of drug-likeness (QED) is 0.819. The van der Waals surface area contributed by atoms with Crippen LogP contribution in [-0.4, -0.2) is 31.6 Å². The van der Waals surface area contributed by atoms with E-state index in [0.717, 1.165) is 0 Å². The first kappa shape index (κ1) is 16.8. The van der Waals surface area contributed by atoms with Crippen LogP contribution in [0.25, 0.3) is 0 Å². The minimum absolute atomic E-state index is 0.0807. The number of carbonyl (C=O) groups is 2. The van der Waals surface area contributed by atoms with E-state index in [9.17, 15) is 9.59 Å². The zero-order chi connectivity index (χ0) is 17.8. The SMILES string of the molecule is CCOc1ccccc1N1C(=O)CC(Nc2ccccc2OC)C1=O. The van der Waals surface area contributed by atoms with Crippen molar-refractivity contribution >= 4 is 23.2 Å². The Morgan fingerprint density at radius 2 is 1.76 bits per heavy atom. The Bertz CT molecular complexity index is 790. The van der Waals surface area contributed by atoms with Crippen molar-refractivity contribution in [2.45, 2.75) is 19.4 Å². The van der Waals surface area contributed by atoms with E-state index in [1.807, 2.05) is 31.2 Å². The molecule has 1 N–H and O–H groups in total. The molecule has 2 amide bonds. The Balaban J connectivity index is 1.86. The van der Waals surface area contributed by atoms with Crippen molar-refractivity contribution in [3.05, 3.63) is 48.5 Å². The van der Waals surface area contributed by atoms with Crippen LogP contribution in [0.1, 0.15) is 13.3 Å². The maximum Gasteiger partial charge on any atom is 0.256 e. The third-order valence-corrected chi connectivity index (χ3v) is 3.99. The minimum atomic E-state index is -0.640. The highest BCUT2D eigenvalue weighted by Gasteiger charge is 2.41. The highest BCUT2D eigenvalue weighted by atomic mass is 16.5. The summed E-state index contributed by atoms with van der Waals surface area (Å²) in [7, 11) is 1.56. The molecule has 0 aromatic heterocycles. The lowest BCUT2D eigenvalue weighted by Gasteiger charge is -2.19. The van der Waals surface area contributed by atoms with Gasteiger partial charge in [0.05, 0.1) is 31.5 Å². The second-order valence-electron chi connectivity index (χ2n) is 5.57. The van der Waals surface area contributed by atoms with Crippen molar-refractivity contribution in [2.24, 2.45) is 0 Å². The number of rotatable bonds is 6. The molecule has 1 aliphatic heterocycles. The van der Waals surface area contributed by atoms with Crippen molar-refractivity contribution < 1.29 is 19.1 Å². The monoisotopic (exact) mass is 340 g/mol. The Kier molecular flexibility index (Phi) is 4.88. The van der Waals surface area contributed by atoms with Crippen LogP contribution in [0.3, 0.4) is 0 Å². The Morgan fingerprint density at radius 3 is 2.48 bits per heavy atom. The fraction of sp³-hybridized carbons (Fsp3) is 0.263. The number of methoxy groups -OCH3 is 1. The molecule has 1 atom stereocenters. The summed E-state index contributed by atoms with van der Waals surface area (Å²) in [5.41, 5.74) is 1.15. The normalized spacial score (nSPS) is 16.9. The maximum absolute atomic E-state index is 12.8. The van der Waals surface area contributed by atoms with E-state index in [1.165, 1.54) is 4.90 Å². The molecule has 0 spiro atoms. The van der Waals surface area contributed by atoms with Crippen LogP contribution in [0.2, 0.25) is 0 Å². The third-order valence-electron chi connectivity index (χ3n) is 3.99. The molecule has 0 bridgehead atoms. The topological polar surface area (TPSA) is 67.9 Å². The number of imide groups is 1. The molecule has 0 saturated carbocycles. The average molecular weight is 340 g/mol. The van der Waals surface area contributed by atoms with E-state index < -0.39 is 6.04 Å². The second-order valence-corrected chi connectivity index (χ2v) is 5.57. The first-order chi connectivity index (χ1) is 12.2. The van der Waals surface area contributed by atoms with E-state index in [2.05, 4.69) is 5.32 Å². The summed E-state index contributed by atoms with van der Waals surface area (Å²) >= 11 is 0. The van der Waals surface area contributed by atoms with Crippen LogP contribution in [0.4, 0.5) is 11.4 Å². The van der Waals surface area contributed by atoms with Crippen molar-refractivity contribution in [1.82, 2.24) is 0 Å². The summed E-state index contributed by atoms with van der Waals surface area (Å²) in [4.78, 5) is 26.5. The number of ether oxygens (including phenoxy) is 2. The van der Waals surface area contributed by atoms with E-state index in [4.69, 9.17) is 9.47 Å². The fourth-order valence-electron chi connectivity index (χ4n) is 2.87. The van der Waals surface area contributed by atoms with Gasteiger partial charge in [0.2, 0.25) is 5.91 Å². The van der Waals surface area contributed by atoms with Gasteiger partial charge >= 0.3 is 0 Å². The fourth-order valence-corrected chi connectivity index (χ4v) is 2.87. The van der Waals surface area contributed by atoms with Crippen LogP contribution in [0.15, 0.2) is 48.5 Å². The van der Waals surface area contributed by atoms with Gasteiger partial charge in [-0.1, -0.05) is 24.3 Å². The molecular formula is C19H20N2O4. The first-order valence-corrected chi connectivity index (χ1v) is 8.14. The van der Waals surface area contributed by atoms with Gasteiger partial charge in [-0.05, 0) is 31.2 Å². The highest BCUT2D eigenvalue weighted by Crippen LogP contribution is 2.33. The molecule has 25 heavy (non-hydrogen) atoms. The molecule has 1 unspecified atom stereocenters. The molecule has 3 rings (SSSR count). The van der Waals surface area contributed by atoms with E-state index in [-0.39, 0.29) is 18.2 Å². The van der Waals surface area contributed by atoms with Crippen LogP contribution in [0, 0.1) is 0 Å². The number of benzene rings is 2. The van der Waals surface area contributed by atoms with Crippen molar-refractivity contribution in [2.75, 3.05) is 23.9 Å². The molecule has 6 nitrogen and oxygen atoms in total. The second kappa shape index (κ2) is 7.25. The van der Waals surface area contributed by atoms with E-state index in [1.54, 1.807) is 31.4 Å². The summed E-state index contributed by atoms with van der Waals surface area (Å²) in [6.07, 6.45) is 0.0807. The number of amides is 2. The lowest BCUT2D eigenvalue weighted by Crippen LogP contribution is -2.35. The van der Waals surface area contributed by atoms with Crippen molar-refractivity contribution in [1.29, 1.82) is 0 Å². The first-order valence-electron chi connectivity index (χ1n) is 8.14. The summed E-state index contributed by atoms with van der Waals surface area (Å²) in [6, 6.07) is 13.7. The summed E-state index contributed by atoms with van der Waals surface area (Å²) < 4.78 is 10.8. The van der Waals surface area contributed by atoms with Gasteiger partial charge in [0.25, 0.3) is 5.91 Å².